The first-order valence-corrected chi connectivity index (χ1v) is 7.69. The van der Waals surface area contributed by atoms with Crippen LogP contribution in [0.1, 0.15) is 19.8 Å². The molecule has 0 aromatic heterocycles. The number of carboxylic acid groups (broad SMARTS) is 1. The minimum absolute atomic E-state index is 0.0115. The molecule has 0 aliphatic rings. The Hall–Kier alpha value is -0.950. The van der Waals surface area contributed by atoms with E-state index in [2.05, 4.69) is 10.6 Å². The average Bonchev–Trinajstić information content (AvgIpc) is 2.31. The minimum atomic E-state index is -0.995. The number of urea groups is 1. The van der Waals surface area contributed by atoms with E-state index in [9.17, 15) is 9.59 Å². The largest absolute Gasteiger partial charge is 0.480 e. The third-order valence-corrected chi connectivity index (χ3v) is 3.24. The summed E-state index contributed by atoms with van der Waals surface area (Å²) in [5.41, 5.74) is 0. The highest BCUT2D eigenvalue weighted by Crippen LogP contribution is 2.01. The molecule has 0 saturated heterocycles. The van der Waals surface area contributed by atoms with Crippen molar-refractivity contribution in [3.05, 3.63) is 0 Å². The van der Waals surface area contributed by atoms with E-state index in [0.29, 0.717) is 12.2 Å². The normalized spacial score (nSPS) is 13.9. The van der Waals surface area contributed by atoms with Crippen molar-refractivity contribution in [1.82, 2.24) is 15.5 Å². The highest BCUT2D eigenvalue weighted by atomic mass is 32.2. The number of carbonyl (C=O) groups excluding carboxylic acids is 1. The number of carbonyl (C=O) groups is 2. The first-order valence-electron chi connectivity index (χ1n) is 6.30. The Bertz CT molecular complexity index is 287. The lowest BCUT2D eigenvalue weighted by molar-refractivity contribution is -0.139. The number of hydrogen-bond donors (Lipinski definition) is 3. The molecule has 2 amide bonds. The van der Waals surface area contributed by atoms with E-state index in [0.717, 1.165) is 13.0 Å². The van der Waals surface area contributed by atoms with Crippen LogP contribution < -0.4 is 10.6 Å². The zero-order chi connectivity index (χ0) is 14.8. The van der Waals surface area contributed by atoms with Gasteiger partial charge in [0.05, 0.1) is 0 Å². The lowest BCUT2D eigenvalue weighted by Crippen LogP contribution is -2.49. The fraction of sp³-hybridized carbons (Fsp3) is 0.833. The minimum Gasteiger partial charge on any atom is -0.480 e. The van der Waals surface area contributed by atoms with Gasteiger partial charge in [0, 0.05) is 6.04 Å². The summed E-state index contributed by atoms with van der Waals surface area (Å²) in [6.07, 6.45) is 3.15. The van der Waals surface area contributed by atoms with Crippen molar-refractivity contribution in [2.45, 2.75) is 31.8 Å². The van der Waals surface area contributed by atoms with Crippen molar-refractivity contribution in [3.63, 3.8) is 0 Å². The summed E-state index contributed by atoms with van der Waals surface area (Å²) in [5.74, 6) is -0.293. The second kappa shape index (κ2) is 9.91. The van der Waals surface area contributed by atoms with Gasteiger partial charge in [0.2, 0.25) is 0 Å². The number of thioether (sulfide) groups is 1. The standard InChI is InChI=1S/C12H25N3O3S/c1-9(5-7-15(2)3)13-12(18)14-10(11(16)17)6-8-19-4/h9-10H,5-8H2,1-4H3,(H,16,17)(H2,13,14,18)/t9?,10-/m0/s1. The van der Waals surface area contributed by atoms with Gasteiger partial charge in [-0.25, -0.2) is 9.59 Å². The van der Waals surface area contributed by atoms with Gasteiger partial charge >= 0.3 is 12.0 Å². The van der Waals surface area contributed by atoms with Crippen molar-refractivity contribution in [2.75, 3.05) is 32.6 Å². The topological polar surface area (TPSA) is 81.7 Å². The van der Waals surface area contributed by atoms with Crippen LogP contribution in [0, 0.1) is 0 Å². The molecular weight excluding hydrogens is 266 g/mol. The summed E-state index contributed by atoms with van der Waals surface area (Å²) in [6.45, 7) is 2.77. The number of nitrogens with one attached hydrogen (secondary N) is 2. The number of carboxylic acids is 1. The van der Waals surface area contributed by atoms with E-state index < -0.39 is 18.0 Å². The van der Waals surface area contributed by atoms with Crippen molar-refractivity contribution < 1.29 is 14.7 Å². The van der Waals surface area contributed by atoms with Crippen LogP contribution in [0.2, 0.25) is 0 Å². The summed E-state index contributed by atoms with van der Waals surface area (Å²) in [7, 11) is 3.94. The predicted molar refractivity (Wildman–Crippen MR) is 78.7 cm³/mol. The Morgan fingerprint density at radius 3 is 2.37 bits per heavy atom. The molecule has 0 saturated carbocycles. The van der Waals surface area contributed by atoms with Crippen LogP contribution in [0.25, 0.3) is 0 Å². The van der Waals surface area contributed by atoms with Crippen LogP contribution in [-0.2, 0) is 4.79 Å². The first-order chi connectivity index (χ1) is 8.86. The number of amides is 2. The van der Waals surface area contributed by atoms with Gasteiger partial charge in [-0.2, -0.15) is 11.8 Å². The van der Waals surface area contributed by atoms with Crippen LogP contribution in [0.5, 0.6) is 0 Å². The SMILES string of the molecule is CSCC[C@H](NC(=O)NC(C)CCN(C)C)C(=O)O. The van der Waals surface area contributed by atoms with Crippen molar-refractivity contribution in [1.29, 1.82) is 0 Å². The smallest absolute Gasteiger partial charge is 0.326 e. The van der Waals surface area contributed by atoms with Gasteiger partial charge in [-0.15, -0.1) is 0 Å². The first kappa shape index (κ1) is 18.0. The van der Waals surface area contributed by atoms with E-state index in [4.69, 9.17) is 5.11 Å². The Labute approximate surface area is 119 Å². The summed E-state index contributed by atoms with van der Waals surface area (Å²) >= 11 is 1.56. The summed E-state index contributed by atoms with van der Waals surface area (Å²) < 4.78 is 0. The van der Waals surface area contributed by atoms with Gasteiger partial charge < -0.3 is 20.6 Å². The molecule has 0 radical (unpaired) electrons. The van der Waals surface area contributed by atoms with Gasteiger partial charge in [0.25, 0.3) is 0 Å². The molecule has 0 aliphatic carbocycles. The Balaban J connectivity index is 4.07. The van der Waals surface area contributed by atoms with Crippen molar-refractivity contribution in [2.24, 2.45) is 0 Å². The molecule has 0 aromatic carbocycles. The highest BCUT2D eigenvalue weighted by Gasteiger charge is 2.19. The lowest BCUT2D eigenvalue weighted by Gasteiger charge is -2.19. The molecule has 0 aromatic rings. The van der Waals surface area contributed by atoms with Gasteiger partial charge in [0.15, 0.2) is 0 Å². The molecule has 0 aliphatic heterocycles. The van der Waals surface area contributed by atoms with E-state index in [1.54, 1.807) is 11.8 Å². The molecule has 0 rings (SSSR count). The maximum atomic E-state index is 11.7. The monoisotopic (exact) mass is 291 g/mol. The van der Waals surface area contributed by atoms with E-state index in [1.807, 2.05) is 32.2 Å². The Kier molecular flexibility index (Phi) is 9.42. The zero-order valence-electron chi connectivity index (χ0n) is 12.1. The molecule has 112 valence electrons. The summed E-state index contributed by atoms with van der Waals surface area (Å²) in [4.78, 5) is 24.7. The van der Waals surface area contributed by atoms with Gasteiger partial charge in [-0.1, -0.05) is 0 Å². The van der Waals surface area contributed by atoms with E-state index >= 15 is 0 Å². The number of rotatable bonds is 9. The molecule has 0 spiro atoms. The molecule has 0 heterocycles. The quantitative estimate of drug-likeness (QED) is 0.586. The molecule has 6 nitrogen and oxygen atoms in total. The van der Waals surface area contributed by atoms with Crippen LogP contribution in [0.4, 0.5) is 4.79 Å². The summed E-state index contributed by atoms with van der Waals surface area (Å²) in [6, 6.07) is -1.23. The van der Waals surface area contributed by atoms with E-state index in [-0.39, 0.29) is 6.04 Å². The molecule has 19 heavy (non-hydrogen) atoms. The maximum Gasteiger partial charge on any atom is 0.326 e. The molecular formula is C12H25N3O3S. The predicted octanol–water partition coefficient (Wildman–Crippen LogP) is 0.832. The fourth-order valence-electron chi connectivity index (χ4n) is 1.44. The molecule has 7 heteroatoms. The van der Waals surface area contributed by atoms with Crippen molar-refractivity contribution >= 4 is 23.8 Å². The van der Waals surface area contributed by atoms with Crippen LogP contribution >= 0.6 is 11.8 Å². The van der Waals surface area contributed by atoms with Crippen LogP contribution in [0.15, 0.2) is 0 Å². The van der Waals surface area contributed by atoms with Crippen LogP contribution in [-0.4, -0.2) is 66.7 Å². The van der Waals surface area contributed by atoms with Gasteiger partial charge in [0.1, 0.15) is 6.04 Å². The molecule has 0 fully saturated rings. The average molecular weight is 291 g/mol. The third kappa shape index (κ3) is 9.61. The lowest BCUT2D eigenvalue weighted by atomic mass is 10.2. The molecule has 0 bridgehead atoms. The molecule has 2 atom stereocenters. The highest BCUT2D eigenvalue weighted by molar-refractivity contribution is 7.98. The second-order valence-corrected chi connectivity index (χ2v) is 5.77. The molecule has 3 N–H and O–H groups in total. The number of hydrogen-bond acceptors (Lipinski definition) is 4. The number of nitrogens with zero attached hydrogens (tertiary/aromatic N) is 1. The van der Waals surface area contributed by atoms with Gasteiger partial charge in [-0.3, -0.25) is 0 Å². The zero-order valence-corrected chi connectivity index (χ0v) is 12.9. The van der Waals surface area contributed by atoms with Gasteiger partial charge in [-0.05, 0) is 52.4 Å². The van der Waals surface area contributed by atoms with Crippen LogP contribution in [0.3, 0.4) is 0 Å². The Morgan fingerprint density at radius 2 is 1.89 bits per heavy atom. The Morgan fingerprint density at radius 1 is 1.26 bits per heavy atom. The third-order valence-electron chi connectivity index (χ3n) is 2.60. The van der Waals surface area contributed by atoms with E-state index in [1.165, 1.54) is 0 Å². The maximum absolute atomic E-state index is 11.7. The fourth-order valence-corrected chi connectivity index (χ4v) is 1.91. The van der Waals surface area contributed by atoms with Crippen molar-refractivity contribution in [3.8, 4) is 0 Å². The summed E-state index contributed by atoms with van der Waals surface area (Å²) in [5, 5.41) is 14.2. The second-order valence-electron chi connectivity index (χ2n) is 4.78. The number of aliphatic carboxylic acids is 1. The molecule has 1 unspecified atom stereocenters.